The number of hydrogen-bond acceptors (Lipinski definition) is 3. The molecule has 1 aliphatic rings. The fourth-order valence-electron chi connectivity index (χ4n) is 2.73. The van der Waals surface area contributed by atoms with Crippen LogP contribution in [0.5, 0.6) is 0 Å². The molecule has 0 aromatic heterocycles. The molecular formula is C14H29NOS. The van der Waals surface area contributed by atoms with E-state index in [1.54, 1.807) is 0 Å². The molecule has 2 unspecified atom stereocenters. The minimum absolute atomic E-state index is 0.0296. The van der Waals surface area contributed by atoms with E-state index in [4.69, 9.17) is 10.5 Å². The summed E-state index contributed by atoms with van der Waals surface area (Å²) in [6, 6.07) is 0.219. The van der Waals surface area contributed by atoms with Crippen molar-refractivity contribution in [2.75, 3.05) is 5.75 Å². The van der Waals surface area contributed by atoms with Gasteiger partial charge in [0.05, 0.1) is 11.2 Å². The van der Waals surface area contributed by atoms with Crippen molar-refractivity contribution < 1.29 is 4.74 Å². The van der Waals surface area contributed by atoms with Crippen LogP contribution in [-0.2, 0) is 4.74 Å². The Kier molecular flexibility index (Phi) is 4.28. The fraction of sp³-hybridized carbons (Fsp3) is 1.00. The van der Waals surface area contributed by atoms with Gasteiger partial charge in [-0.05, 0) is 34.1 Å². The van der Waals surface area contributed by atoms with E-state index in [1.165, 1.54) is 0 Å². The van der Waals surface area contributed by atoms with E-state index in [0.717, 1.165) is 12.2 Å². The van der Waals surface area contributed by atoms with Crippen LogP contribution in [0.25, 0.3) is 0 Å². The van der Waals surface area contributed by atoms with Crippen LogP contribution >= 0.6 is 11.8 Å². The Morgan fingerprint density at radius 3 is 2.18 bits per heavy atom. The molecule has 3 heteroatoms. The summed E-state index contributed by atoms with van der Waals surface area (Å²) >= 11 is 1.95. The Balaban J connectivity index is 2.61. The maximum absolute atomic E-state index is 6.38. The summed E-state index contributed by atoms with van der Waals surface area (Å²) in [5.74, 6) is 1.46. The van der Waals surface area contributed by atoms with Crippen molar-refractivity contribution in [2.24, 2.45) is 11.7 Å². The molecule has 102 valence electrons. The van der Waals surface area contributed by atoms with Crippen molar-refractivity contribution >= 4 is 11.8 Å². The molecule has 0 amide bonds. The van der Waals surface area contributed by atoms with E-state index < -0.39 is 0 Å². The number of rotatable bonds is 3. The Hall–Kier alpha value is 0.270. The van der Waals surface area contributed by atoms with Crippen LogP contribution < -0.4 is 5.73 Å². The molecule has 0 aromatic carbocycles. The third-order valence-corrected chi connectivity index (χ3v) is 4.79. The van der Waals surface area contributed by atoms with Gasteiger partial charge in [-0.15, -0.1) is 0 Å². The van der Waals surface area contributed by atoms with E-state index >= 15 is 0 Å². The molecule has 0 aliphatic carbocycles. The van der Waals surface area contributed by atoms with Crippen LogP contribution in [0.2, 0.25) is 0 Å². The number of nitrogens with two attached hydrogens (primary N) is 1. The van der Waals surface area contributed by atoms with Crippen LogP contribution in [0.1, 0.15) is 54.9 Å². The van der Waals surface area contributed by atoms with Gasteiger partial charge in [-0.1, -0.05) is 20.8 Å². The maximum Gasteiger partial charge on any atom is 0.0677 e. The zero-order valence-corrected chi connectivity index (χ0v) is 13.3. The molecule has 2 N–H and O–H groups in total. The van der Waals surface area contributed by atoms with Gasteiger partial charge in [0, 0.05) is 22.5 Å². The van der Waals surface area contributed by atoms with Crippen molar-refractivity contribution in [3.63, 3.8) is 0 Å². The molecule has 1 aliphatic heterocycles. The highest BCUT2D eigenvalue weighted by molar-refractivity contribution is 8.00. The van der Waals surface area contributed by atoms with E-state index in [0.29, 0.717) is 5.92 Å². The quantitative estimate of drug-likeness (QED) is 0.843. The first-order valence-electron chi connectivity index (χ1n) is 6.53. The van der Waals surface area contributed by atoms with Crippen molar-refractivity contribution in [3.05, 3.63) is 0 Å². The van der Waals surface area contributed by atoms with E-state index in [2.05, 4.69) is 48.5 Å². The van der Waals surface area contributed by atoms with Crippen molar-refractivity contribution in [3.8, 4) is 0 Å². The Bertz CT molecular complexity index is 268. The first kappa shape index (κ1) is 15.3. The lowest BCUT2D eigenvalue weighted by molar-refractivity contribution is -0.0759. The van der Waals surface area contributed by atoms with Gasteiger partial charge >= 0.3 is 0 Å². The van der Waals surface area contributed by atoms with Crippen molar-refractivity contribution in [2.45, 2.75) is 76.9 Å². The summed E-state index contributed by atoms with van der Waals surface area (Å²) in [6.07, 6.45) is 1.06. The van der Waals surface area contributed by atoms with E-state index in [9.17, 15) is 0 Å². The summed E-state index contributed by atoms with van der Waals surface area (Å²) in [4.78, 5) is 0. The lowest BCUT2D eigenvalue weighted by atomic mass is 9.83. The average molecular weight is 259 g/mol. The van der Waals surface area contributed by atoms with E-state index in [1.807, 2.05) is 11.8 Å². The van der Waals surface area contributed by atoms with Gasteiger partial charge in [-0.25, -0.2) is 0 Å². The summed E-state index contributed by atoms with van der Waals surface area (Å²) in [6.45, 7) is 15.4. The van der Waals surface area contributed by atoms with Gasteiger partial charge in [-0.2, -0.15) is 11.8 Å². The van der Waals surface area contributed by atoms with Crippen molar-refractivity contribution in [1.29, 1.82) is 0 Å². The van der Waals surface area contributed by atoms with Crippen LogP contribution in [0.4, 0.5) is 0 Å². The minimum atomic E-state index is -0.0959. The standard InChI is InChI=1S/C14H29NOS/c1-12(2,3)17-9-11(15)10-8-13(4,5)16-14(10,6)7/h10-11H,8-9,15H2,1-7H3. The highest BCUT2D eigenvalue weighted by Crippen LogP contribution is 2.44. The molecular weight excluding hydrogens is 230 g/mol. The molecule has 2 nitrogen and oxygen atoms in total. The van der Waals surface area contributed by atoms with Crippen molar-refractivity contribution in [1.82, 2.24) is 0 Å². The second-order valence-electron chi connectivity index (χ2n) is 7.36. The molecule has 2 atom stereocenters. The maximum atomic E-state index is 6.38. The molecule has 1 fully saturated rings. The lowest BCUT2D eigenvalue weighted by Crippen LogP contribution is -2.43. The summed E-state index contributed by atoms with van der Waals surface area (Å²) < 4.78 is 6.40. The first-order valence-corrected chi connectivity index (χ1v) is 7.51. The third kappa shape index (κ3) is 4.46. The number of ether oxygens (including phenoxy) is 1. The van der Waals surface area contributed by atoms with Crippen LogP contribution in [0, 0.1) is 5.92 Å². The minimum Gasteiger partial charge on any atom is -0.369 e. The molecule has 0 aromatic rings. The molecule has 0 saturated carbocycles. The second kappa shape index (κ2) is 4.75. The Labute approximate surface area is 111 Å². The first-order chi connectivity index (χ1) is 7.43. The van der Waals surface area contributed by atoms with Gasteiger partial charge in [0.1, 0.15) is 0 Å². The zero-order chi connectivity index (χ0) is 13.5. The van der Waals surface area contributed by atoms with Gasteiger partial charge < -0.3 is 10.5 Å². The normalized spacial score (nSPS) is 29.3. The fourth-order valence-corrected chi connectivity index (χ4v) is 3.66. The Morgan fingerprint density at radius 1 is 1.29 bits per heavy atom. The Morgan fingerprint density at radius 2 is 1.82 bits per heavy atom. The molecule has 1 saturated heterocycles. The van der Waals surface area contributed by atoms with Crippen LogP contribution in [0.3, 0.4) is 0 Å². The van der Waals surface area contributed by atoms with Crippen LogP contribution in [-0.4, -0.2) is 27.7 Å². The highest BCUT2D eigenvalue weighted by Gasteiger charge is 2.48. The zero-order valence-electron chi connectivity index (χ0n) is 12.5. The third-order valence-electron chi connectivity index (χ3n) is 3.37. The smallest absolute Gasteiger partial charge is 0.0677 e. The highest BCUT2D eigenvalue weighted by atomic mass is 32.2. The largest absolute Gasteiger partial charge is 0.369 e. The summed E-state index contributed by atoms with van der Waals surface area (Å²) in [5.41, 5.74) is 6.26. The molecule has 1 rings (SSSR count). The van der Waals surface area contributed by atoms with Gasteiger partial charge in [0.25, 0.3) is 0 Å². The molecule has 0 radical (unpaired) electrons. The summed E-state index contributed by atoms with van der Waals surface area (Å²) in [5, 5.41) is 0. The number of hydrogen-bond donors (Lipinski definition) is 1. The molecule has 17 heavy (non-hydrogen) atoms. The molecule has 0 bridgehead atoms. The molecule has 1 heterocycles. The average Bonchev–Trinajstić information content (AvgIpc) is 2.29. The lowest BCUT2D eigenvalue weighted by Gasteiger charge is -2.32. The monoisotopic (exact) mass is 259 g/mol. The van der Waals surface area contributed by atoms with E-state index in [-0.39, 0.29) is 22.0 Å². The summed E-state index contributed by atoms with van der Waals surface area (Å²) in [7, 11) is 0. The van der Waals surface area contributed by atoms with Gasteiger partial charge in [-0.3, -0.25) is 0 Å². The SMILES string of the molecule is CC1(C)CC(C(N)CSC(C)(C)C)C(C)(C)O1. The predicted molar refractivity (Wildman–Crippen MR) is 77.5 cm³/mol. The topological polar surface area (TPSA) is 35.2 Å². The van der Waals surface area contributed by atoms with Gasteiger partial charge in [0.15, 0.2) is 0 Å². The number of thioether (sulfide) groups is 1. The molecule has 0 spiro atoms. The van der Waals surface area contributed by atoms with Gasteiger partial charge in [0.2, 0.25) is 0 Å². The second-order valence-corrected chi connectivity index (χ2v) is 9.21. The van der Waals surface area contributed by atoms with Crippen LogP contribution in [0.15, 0.2) is 0 Å². The predicted octanol–water partition coefficient (Wildman–Crippen LogP) is 3.44.